The minimum Gasteiger partial charge on any atom is -0.322 e. The first-order chi connectivity index (χ1) is 9.62. The highest BCUT2D eigenvalue weighted by Gasteiger charge is 2.37. The first kappa shape index (κ1) is 15.5. The average molecular weight is 310 g/mol. The van der Waals surface area contributed by atoms with Crippen LogP contribution >= 0.6 is 0 Å². The van der Waals surface area contributed by atoms with E-state index in [0.717, 1.165) is 6.26 Å². The lowest BCUT2D eigenvalue weighted by atomic mass is 9.97. The van der Waals surface area contributed by atoms with Crippen molar-refractivity contribution in [3.8, 4) is 0 Å². The van der Waals surface area contributed by atoms with Gasteiger partial charge in [-0.3, -0.25) is 14.5 Å². The SMILES string of the molecule is CC(=O)N1c2ccc(S(C)(=O)=O)cc2NC(=O)C1C(C)C. The van der Waals surface area contributed by atoms with Gasteiger partial charge in [0.2, 0.25) is 11.8 Å². The smallest absolute Gasteiger partial charge is 0.247 e. The number of hydrogen-bond donors (Lipinski definition) is 1. The standard InChI is InChI=1S/C14H18N2O4S/c1-8(2)13-14(18)15-11-7-10(21(4,19)20)5-6-12(11)16(13)9(3)17/h5-8,13H,1-4H3,(H,15,18). The molecule has 7 heteroatoms. The quantitative estimate of drug-likeness (QED) is 0.895. The van der Waals surface area contributed by atoms with Crippen molar-refractivity contribution < 1.29 is 18.0 Å². The Labute approximate surface area is 124 Å². The minimum atomic E-state index is -3.38. The molecule has 21 heavy (non-hydrogen) atoms. The Balaban J connectivity index is 2.61. The normalized spacial score (nSPS) is 18.4. The summed E-state index contributed by atoms with van der Waals surface area (Å²) in [6, 6.07) is 3.79. The van der Waals surface area contributed by atoms with E-state index in [4.69, 9.17) is 0 Å². The average Bonchev–Trinajstić information content (AvgIpc) is 2.34. The Kier molecular flexibility index (Phi) is 3.79. The summed E-state index contributed by atoms with van der Waals surface area (Å²) in [5, 5.41) is 2.69. The number of fused-ring (bicyclic) bond motifs is 1. The topological polar surface area (TPSA) is 83.6 Å². The molecule has 1 atom stereocenters. The van der Waals surface area contributed by atoms with Crippen LogP contribution in [0.25, 0.3) is 0 Å². The molecule has 1 aliphatic rings. The third-order valence-corrected chi connectivity index (χ3v) is 4.54. The number of carbonyl (C=O) groups excluding carboxylic acids is 2. The molecule has 2 amide bonds. The van der Waals surface area contributed by atoms with Gasteiger partial charge in [-0.2, -0.15) is 0 Å². The Morgan fingerprint density at radius 1 is 1.33 bits per heavy atom. The lowest BCUT2D eigenvalue weighted by Crippen LogP contribution is -2.53. The molecule has 0 saturated carbocycles. The van der Waals surface area contributed by atoms with Gasteiger partial charge in [-0.1, -0.05) is 13.8 Å². The first-order valence-corrected chi connectivity index (χ1v) is 8.47. The number of amides is 2. The van der Waals surface area contributed by atoms with Gasteiger partial charge < -0.3 is 5.32 Å². The fourth-order valence-electron chi connectivity index (χ4n) is 2.50. The zero-order valence-corrected chi connectivity index (χ0v) is 13.2. The van der Waals surface area contributed by atoms with Crippen LogP contribution in [0.4, 0.5) is 11.4 Å². The highest BCUT2D eigenvalue weighted by atomic mass is 32.2. The van der Waals surface area contributed by atoms with Crippen LogP contribution in [0.15, 0.2) is 23.1 Å². The molecule has 0 radical (unpaired) electrons. The molecular formula is C14H18N2O4S. The second kappa shape index (κ2) is 5.14. The summed E-state index contributed by atoms with van der Waals surface area (Å²) in [6.45, 7) is 5.11. The molecule has 1 aromatic rings. The lowest BCUT2D eigenvalue weighted by molar-refractivity contribution is -0.123. The summed E-state index contributed by atoms with van der Waals surface area (Å²) < 4.78 is 23.2. The number of nitrogens with zero attached hydrogens (tertiary/aromatic N) is 1. The summed E-state index contributed by atoms with van der Waals surface area (Å²) >= 11 is 0. The summed E-state index contributed by atoms with van der Waals surface area (Å²) in [5.41, 5.74) is 0.864. The van der Waals surface area contributed by atoms with Gasteiger partial charge in [-0.25, -0.2) is 8.42 Å². The lowest BCUT2D eigenvalue weighted by Gasteiger charge is -2.38. The van der Waals surface area contributed by atoms with E-state index in [2.05, 4.69) is 5.32 Å². The molecule has 0 aromatic heterocycles. The largest absolute Gasteiger partial charge is 0.322 e. The van der Waals surface area contributed by atoms with Crippen LogP contribution in [0, 0.1) is 5.92 Å². The zero-order valence-electron chi connectivity index (χ0n) is 12.4. The number of anilines is 2. The monoisotopic (exact) mass is 310 g/mol. The van der Waals surface area contributed by atoms with Gasteiger partial charge in [0.25, 0.3) is 0 Å². The summed E-state index contributed by atoms with van der Waals surface area (Å²) in [7, 11) is -3.38. The van der Waals surface area contributed by atoms with Crippen molar-refractivity contribution in [1.82, 2.24) is 0 Å². The van der Waals surface area contributed by atoms with Gasteiger partial charge in [0.1, 0.15) is 6.04 Å². The maximum absolute atomic E-state index is 12.2. The van der Waals surface area contributed by atoms with Crippen molar-refractivity contribution in [2.45, 2.75) is 31.7 Å². The molecule has 6 nitrogen and oxygen atoms in total. The zero-order chi connectivity index (χ0) is 15.9. The van der Waals surface area contributed by atoms with Gasteiger partial charge in [-0.05, 0) is 24.1 Å². The first-order valence-electron chi connectivity index (χ1n) is 6.57. The number of rotatable bonds is 2. The maximum Gasteiger partial charge on any atom is 0.247 e. The molecule has 1 N–H and O–H groups in total. The molecule has 2 rings (SSSR count). The number of hydrogen-bond acceptors (Lipinski definition) is 4. The number of benzene rings is 1. The molecule has 1 aliphatic heterocycles. The Morgan fingerprint density at radius 2 is 1.95 bits per heavy atom. The molecule has 0 aliphatic carbocycles. The van der Waals surface area contributed by atoms with E-state index in [1.54, 1.807) is 6.07 Å². The summed E-state index contributed by atoms with van der Waals surface area (Å²) in [5.74, 6) is -0.619. The Hall–Kier alpha value is -1.89. The Morgan fingerprint density at radius 3 is 2.43 bits per heavy atom. The molecule has 0 spiro atoms. The van der Waals surface area contributed by atoms with E-state index in [1.807, 2.05) is 13.8 Å². The van der Waals surface area contributed by atoms with Gasteiger partial charge in [0, 0.05) is 13.2 Å². The van der Waals surface area contributed by atoms with Crippen molar-refractivity contribution in [2.75, 3.05) is 16.5 Å². The van der Waals surface area contributed by atoms with Gasteiger partial charge in [0.15, 0.2) is 9.84 Å². The predicted molar refractivity (Wildman–Crippen MR) is 80.0 cm³/mol. The van der Waals surface area contributed by atoms with Crippen LogP contribution in [0.5, 0.6) is 0 Å². The van der Waals surface area contributed by atoms with Crippen molar-refractivity contribution >= 4 is 33.0 Å². The second-order valence-electron chi connectivity index (χ2n) is 5.52. The van der Waals surface area contributed by atoms with Gasteiger partial charge >= 0.3 is 0 Å². The van der Waals surface area contributed by atoms with Crippen LogP contribution in [-0.4, -0.2) is 32.5 Å². The molecule has 114 valence electrons. The van der Waals surface area contributed by atoms with Crippen LogP contribution in [0.3, 0.4) is 0 Å². The van der Waals surface area contributed by atoms with E-state index < -0.39 is 15.9 Å². The summed E-state index contributed by atoms with van der Waals surface area (Å²) in [6.07, 6.45) is 1.10. The van der Waals surface area contributed by atoms with E-state index in [1.165, 1.54) is 24.0 Å². The predicted octanol–water partition coefficient (Wildman–Crippen LogP) is 1.42. The van der Waals surface area contributed by atoms with Crippen LogP contribution in [0.2, 0.25) is 0 Å². The number of sulfone groups is 1. The van der Waals surface area contributed by atoms with Crippen LogP contribution in [-0.2, 0) is 19.4 Å². The fourth-order valence-corrected chi connectivity index (χ4v) is 3.14. The van der Waals surface area contributed by atoms with Gasteiger partial charge in [-0.15, -0.1) is 0 Å². The highest BCUT2D eigenvalue weighted by Crippen LogP contribution is 2.36. The van der Waals surface area contributed by atoms with Crippen molar-refractivity contribution in [3.63, 3.8) is 0 Å². The Bertz CT molecular complexity index is 710. The van der Waals surface area contributed by atoms with Crippen molar-refractivity contribution in [1.29, 1.82) is 0 Å². The fraction of sp³-hybridized carbons (Fsp3) is 0.429. The third kappa shape index (κ3) is 2.78. The number of carbonyl (C=O) groups is 2. The third-order valence-electron chi connectivity index (χ3n) is 3.43. The molecule has 1 aromatic carbocycles. The summed E-state index contributed by atoms with van der Waals surface area (Å²) in [4.78, 5) is 25.7. The second-order valence-corrected chi connectivity index (χ2v) is 7.53. The number of nitrogens with one attached hydrogen (secondary N) is 1. The molecule has 1 heterocycles. The maximum atomic E-state index is 12.2. The highest BCUT2D eigenvalue weighted by molar-refractivity contribution is 7.90. The van der Waals surface area contributed by atoms with Gasteiger partial charge in [0.05, 0.1) is 16.3 Å². The van der Waals surface area contributed by atoms with Crippen LogP contribution < -0.4 is 10.2 Å². The molecule has 0 saturated heterocycles. The van der Waals surface area contributed by atoms with E-state index >= 15 is 0 Å². The minimum absolute atomic E-state index is 0.0587. The molecule has 0 fully saturated rings. The van der Waals surface area contributed by atoms with Crippen molar-refractivity contribution in [3.05, 3.63) is 18.2 Å². The molecule has 0 bridgehead atoms. The van der Waals surface area contributed by atoms with Crippen LogP contribution in [0.1, 0.15) is 20.8 Å². The molecular weight excluding hydrogens is 292 g/mol. The molecule has 1 unspecified atom stereocenters. The van der Waals surface area contributed by atoms with Crippen molar-refractivity contribution in [2.24, 2.45) is 5.92 Å². The van der Waals surface area contributed by atoms with E-state index in [-0.39, 0.29) is 22.6 Å². The van der Waals surface area contributed by atoms with E-state index in [9.17, 15) is 18.0 Å². The van der Waals surface area contributed by atoms with E-state index in [0.29, 0.717) is 11.4 Å².